The van der Waals surface area contributed by atoms with Gasteiger partial charge in [-0.25, -0.2) is 0 Å². The summed E-state index contributed by atoms with van der Waals surface area (Å²) in [5.74, 6) is 0. The first-order valence-corrected chi connectivity index (χ1v) is 3.92. The maximum Gasteiger partial charge on any atom is 0.116 e. The van der Waals surface area contributed by atoms with Crippen molar-refractivity contribution in [3.8, 4) is 0 Å². The molecule has 0 fully saturated rings. The minimum Gasteiger partial charge on any atom is -0.382 e. The number of aliphatic hydroxyl groups excluding tert-OH is 1. The Labute approximate surface area is 72.6 Å². The molecule has 0 aliphatic heterocycles. The van der Waals surface area contributed by atoms with Crippen molar-refractivity contribution in [3.05, 3.63) is 35.9 Å². The molecule has 0 spiro atoms. The molecule has 0 bridgehead atoms. The lowest BCUT2D eigenvalue weighted by molar-refractivity contribution is 0.246. The van der Waals surface area contributed by atoms with Gasteiger partial charge >= 0.3 is 0 Å². The summed E-state index contributed by atoms with van der Waals surface area (Å²) >= 11 is 0. The van der Waals surface area contributed by atoms with Gasteiger partial charge in [-0.05, 0) is 12.5 Å². The van der Waals surface area contributed by atoms with Crippen molar-refractivity contribution in [1.82, 2.24) is 0 Å². The second-order valence-corrected chi connectivity index (χ2v) is 2.68. The van der Waals surface area contributed by atoms with E-state index in [1.165, 1.54) is 0 Å². The summed E-state index contributed by atoms with van der Waals surface area (Å²) in [6.45, 7) is 1.82. The maximum atomic E-state index is 9.66. The first-order valence-electron chi connectivity index (χ1n) is 3.92. The van der Waals surface area contributed by atoms with Crippen molar-refractivity contribution < 1.29 is 5.11 Å². The largest absolute Gasteiger partial charge is 0.382 e. The van der Waals surface area contributed by atoms with E-state index in [4.69, 9.17) is 0 Å². The van der Waals surface area contributed by atoms with E-state index < -0.39 is 6.10 Å². The number of hydrogen-bond donors (Lipinski definition) is 1. The molecule has 0 saturated carbocycles. The summed E-state index contributed by atoms with van der Waals surface area (Å²) in [5, 5.41) is 9.66. The average molecular weight is 163 g/mol. The number of rotatable bonds is 2. The highest BCUT2D eigenvalue weighted by Gasteiger charge is 2.08. The summed E-state index contributed by atoms with van der Waals surface area (Å²) in [5.41, 5.74) is 1.63. The van der Waals surface area contributed by atoms with E-state index in [0.29, 0.717) is 0 Å². The van der Waals surface area contributed by atoms with Gasteiger partial charge in [0.1, 0.15) is 6.10 Å². The van der Waals surface area contributed by atoms with Crippen LogP contribution in [0, 0.1) is 0 Å². The highest BCUT2D eigenvalue weighted by molar-refractivity contribution is 5.87. The molecule has 2 heteroatoms. The first-order chi connectivity index (χ1) is 5.75. The van der Waals surface area contributed by atoms with E-state index in [9.17, 15) is 5.11 Å². The predicted molar refractivity (Wildman–Crippen MR) is 50.4 cm³/mol. The topological polar surface area (TPSA) is 32.6 Å². The summed E-state index contributed by atoms with van der Waals surface area (Å²) < 4.78 is 0. The van der Waals surface area contributed by atoms with Crippen molar-refractivity contribution >= 4 is 5.71 Å². The lowest BCUT2D eigenvalue weighted by atomic mass is 10.1. The lowest BCUT2D eigenvalue weighted by Crippen LogP contribution is -2.07. The van der Waals surface area contributed by atoms with Crippen molar-refractivity contribution in [1.29, 1.82) is 0 Å². The van der Waals surface area contributed by atoms with Crippen LogP contribution < -0.4 is 0 Å². The Morgan fingerprint density at radius 3 is 2.42 bits per heavy atom. The molecule has 2 nitrogen and oxygen atoms in total. The van der Waals surface area contributed by atoms with Crippen LogP contribution in [0.15, 0.2) is 35.3 Å². The Morgan fingerprint density at radius 2 is 1.92 bits per heavy atom. The van der Waals surface area contributed by atoms with Crippen LogP contribution >= 0.6 is 0 Å². The molecule has 0 unspecified atom stereocenters. The van der Waals surface area contributed by atoms with Gasteiger partial charge in [0.05, 0.1) is 0 Å². The van der Waals surface area contributed by atoms with Gasteiger partial charge in [0.15, 0.2) is 0 Å². The van der Waals surface area contributed by atoms with E-state index in [1.807, 2.05) is 37.3 Å². The molecule has 0 aromatic heterocycles. The smallest absolute Gasteiger partial charge is 0.116 e. The molecule has 12 heavy (non-hydrogen) atoms. The minimum atomic E-state index is -0.559. The van der Waals surface area contributed by atoms with Crippen LogP contribution in [-0.4, -0.2) is 17.9 Å². The fraction of sp³-hybridized carbons (Fsp3) is 0.300. The highest BCUT2D eigenvalue weighted by Crippen LogP contribution is 2.13. The Bertz CT molecular complexity index is 266. The molecule has 1 aromatic rings. The Balaban J connectivity index is 2.86. The van der Waals surface area contributed by atoms with Crippen molar-refractivity contribution in [2.24, 2.45) is 4.99 Å². The van der Waals surface area contributed by atoms with Gasteiger partial charge in [0.2, 0.25) is 0 Å². The molecule has 0 heterocycles. The monoisotopic (exact) mass is 163 g/mol. The normalized spacial score (nSPS) is 14.4. The van der Waals surface area contributed by atoms with Gasteiger partial charge in [-0.2, -0.15) is 0 Å². The zero-order chi connectivity index (χ0) is 8.97. The van der Waals surface area contributed by atoms with Crippen LogP contribution in [0.25, 0.3) is 0 Å². The molecular weight excluding hydrogens is 150 g/mol. The van der Waals surface area contributed by atoms with E-state index in [-0.39, 0.29) is 0 Å². The summed E-state index contributed by atoms with van der Waals surface area (Å²) in [4.78, 5) is 3.93. The maximum absolute atomic E-state index is 9.66. The number of hydrogen-bond acceptors (Lipinski definition) is 2. The number of aliphatic hydroxyl groups is 1. The third-order valence-corrected chi connectivity index (χ3v) is 1.86. The molecule has 0 saturated heterocycles. The molecule has 0 aliphatic carbocycles. The lowest BCUT2D eigenvalue weighted by Gasteiger charge is -2.09. The van der Waals surface area contributed by atoms with E-state index in [2.05, 4.69) is 4.99 Å². The predicted octanol–water partition coefficient (Wildman–Crippen LogP) is 1.81. The third kappa shape index (κ3) is 1.92. The standard InChI is InChI=1S/C10H13NO/c1-8(11-2)10(12)9-6-4-3-5-7-9/h3-7,10,12H,1-2H3/t10-/m0/s1. The number of nitrogens with zero attached hydrogens (tertiary/aromatic N) is 1. The second kappa shape index (κ2) is 4.02. The van der Waals surface area contributed by atoms with Gasteiger partial charge in [-0.3, -0.25) is 4.99 Å². The molecule has 0 radical (unpaired) electrons. The third-order valence-electron chi connectivity index (χ3n) is 1.86. The molecule has 0 aliphatic rings. The fourth-order valence-corrected chi connectivity index (χ4v) is 0.999. The quantitative estimate of drug-likeness (QED) is 0.662. The van der Waals surface area contributed by atoms with Crippen LogP contribution in [0.1, 0.15) is 18.6 Å². The van der Waals surface area contributed by atoms with Crippen molar-refractivity contribution in [2.75, 3.05) is 7.05 Å². The van der Waals surface area contributed by atoms with Crippen LogP contribution in [-0.2, 0) is 0 Å². The SMILES string of the molecule is CN=C(C)[C@H](O)c1ccccc1. The van der Waals surface area contributed by atoms with E-state index >= 15 is 0 Å². The highest BCUT2D eigenvalue weighted by atomic mass is 16.3. The summed E-state index contributed by atoms with van der Waals surface area (Å²) in [6.07, 6.45) is -0.559. The molecule has 0 amide bonds. The zero-order valence-corrected chi connectivity index (χ0v) is 7.36. The van der Waals surface area contributed by atoms with E-state index in [1.54, 1.807) is 7.05 Å². The summed E-state index contributed by atoms with van der Waals surface area (Å²) in [6, 6.07) is 9.51. The minimum absolute atomic E-state index is 0.559. The summed E-state index contributed by atoms with van der Waals surface area (Å²) in [7, 11) is 1.68. The average Bonchev–Trinajstić information content (AvgIpc) is 2.17. The van der Waals surface area contributed by atoms with Gasteiger partial charge in [0, 0.05) is 12.8 Å². The molecule has 1 aromatic carbocycles. The van der Waals surface area contributed by atoms with Gasteiger partial charge < -0.3 is 5.11 Å². The number of aliphatic imine (C=N–C) groups is 1. The van der Waals surface area contributed by atoms with Crippen LogP contribution in [0.3, 0.4) is 0 Å². The van der Waals surface area contributed by atoms with Gasteiger partial charge in [0.25, 0.3) is 0 Å². The molecule has 64 valence electrons. The second-order valence-electron chi connectivity index (χ2n) is 2.68. The fourth-order valence-electron chi connectivity index (χ4n) is 0.999. The molecule has 1 atom stereocenters. The van der Waals surface area contributed by atoms with E-state index in [0.717, 1.165) is 11.3 Å². The van der Waals surface area contributed by atoms with Gasteiger partial charge in [-0.1, -0.05) is 30.3 Å². The molecular formula is C10H13NO. The molecule has 1 rings (SSSR count). The van der Waals surface area contributed by atoms with Crippen LogP contribution in [0.4, 0.5) is 0 Å². The Kier molecular flexibility index (Phi) is 3.00. The number of benzene rings is 1. The molecule has 1 N–H and O–H groups in total. The van der Waals surface area contributed by atoms with Gasteiger partial charge in [-0.15, -0.1) is 0 Å². The van der Waals surface area contributed by atoms with Crippen molar-refractivity contribution in [2.45, 2.75) is 13.0 Å². The van der Waals surface area contributed by atoms with Crippen LogP contribution in [0.5, 0.6) is 0 Å². The Hall–Kier alpha value is -1.15. The Morgan fingerprint density at radius 1 is 1.33 bits per heavy atom. The van der Waals surface area contributed by atoms with Crippen LogP contribution in [0.2, 0.25) is 0 Å². The zero-order valence-electron chi connectivity index (χ0n) is 7.36. The van der Waals surface area contributed by atoms with Crippen molar-refractivity contribution in [3.63, 3.8) is 0 Å². The first kappa shape index (κ1) is 8.94.